The van der Waals surface area contributed by atoms with Gasteiger partial charge in [0, 0.05) is 25.0 Å². The van der Waals surface area contributed by atoms with Gasteiger partial charge in [-0.1, -0.05) is 30.3 Å². The molecular formula is C25H23N3O3S. The monoisotopic (exact) mass is 445 g/mol. The Labute approximate surface area is 191 Å². The molecule has 3 aromatic carbocycles. The summed E-state index contributed by atoms with van der Waals surface area (Å²) in [7, 11) is 1.89. The molecular weight excluding hydrogens is 422 g/mol. The maximum Gasteiger partial charge on any atom is 0.286 e. The van der Waals surface area contributed by atoms with Gasteiger partial charge in [-0.15, -0.1) is 0 Å². The average molecular weight is 446 g/mol. The van der Waals surface area contributed by atoms with Crippen LogP contribution < -0.4 is 15.0 Å². The predicted molar refractivity (Wildman–Crippen MR) is 131 cm³/mol. The Bertz CT molecular complexity index is 1130. The van der Waals surface area contributed by atoms with Crippen LogP contribution in [0.2, 0.25) is 0 Å². The third-order valence-electron chi connectivity index (χ3n) is 4.75. The van der Waals surface area contributed by atoms with Crippen molar-refractivity contribution in [1.82, 2.24) is 0 Å². The summed E-state index contributed by atoms with van der Waals surface area (Å²) in [4.78, 5) is 19.1. The molecule has 0 aliphatic carbocycles. The lowest BCUT2D eigenvalue weighted by Gasteiger charge is -2.18. The third-order valence-corrected chi connectivity index (χ3v) is 5.81. The number of thioether (sulfide) groups is 1. The lowest BCUT2D eigenvalue weighted by Crippen LogP contribution is -2.21. The summed E-state index contributed by atoms with van der Waals surface area (Å²) in [6.07, 6.45) is 1.84. The summed E-state index contributed by atoms with van der Waals surface area (Å²) in [5.41, 5.74) is 2.74. The molecule has 0 atom stereocenters. The van der Waals surface area contributed by atoms with Gasteiger partial charge in [0.05, 0.1) is 11.5 Å². The molecule has 4 rings (SSSR count). The number of hydrogen-bond donors (Lipinski definition) is 2. The molecule has 0 aromatic heterocycles. The van der Waals surface area contributed by atoms with Crippen molar-refractivity contribution in [2.75, 3.05) is 30.4 Å². The number of anilines is 2. The number of amides is 1. The second-order valence-corrected chi connectivity index (χ2v) is 8.06. The summed E-state index contributed by atoms with van der Waals surface area (Å²) >= 11 is 1.35. The van der Waals surface area contributed by atoms with Crippen molar-refractivity contribution in [3.8, 4) is 11.5 Å². The lowest BCUT2D eigenvalue weighted by molar-refractivity contribution is -0.113. The molecule has 0 radical (unpaired) electrons. The number of benzene rings is 3. The lowest BCUT2D eigenvalue weighted by atomic mass is 10.2. The second-order valence-electron chi connectivity index (χ2n) is 7.05. The molecule has 0 fully saturated rings. The topological polar surface area (TPSA) is 74.2 Å². The summed E-state index contributed by atoms with van der Waals surface area (Å²) in [5, 5.41) is 12.6. The van der Waals surface area contributed by atoms with Crippen LogP contribution in [0.15, 0.2) is 88.8 Å². The Morgan fingerprint density at radius 3 is 2.38 bits per heavy atom. The van der Waals surface area contributed by atoms with Gasteiger partial charge >= 0.3 is 0 Å². The van der Waals surface area contributed by atoms with Crippen molar-refractivity contribution in [2.45, 2.75) is 0 Å². The summed E-state index contributed by atoms with van der Waals surface area (Å²) in [6.45, 7) is 0.574. The maximum absolute atomic E-state index is 12.4. The van der Waals surface area contributed by atoms with E-state index in [9.17, 15) is 4.79 Å². The molecule has 6 nitrogen and oxygen atoms in total. The van der Waals surface area contributed by atoms with Crippen LogP contribution in [-0.2, 0) is 4.79 Å². The Hall–Kier alpha value is -3.55. The first-order chi connectivity index (χ1) is 15.6. The van der Waals surface area contributed by atoms with Crippen molar-refractivity contribution < 1.29 is 14.6 Å². The fourth-order valence-corrected chi connectivity index (χ4v) is 3.96. The molecule has 1 amide bonds. The highest BCUT2D eigenvalue weighted by Crippen LogP contribution is 2.33. The Balaban J connectivity index is 1.40. The van der Waals surface area contributed by atoms with E-state index >= 15 is 0 Å². The molecule has 1 heterocycles. The van der Waals surface area contributed by atoms with Gasteiger partial charge in [0.15, 0.2) is 5.17 Å². The van der Waals surface area contributed by atoms with Crippen LogP contribution in [-0.4, -0.2) is 36.4 Å². The first-order valence-corrected chi connectivity index (χ1v) is 11.0. The number of aliphatic hydroxyl groups excluding tert-OH is 1. The van der Waals surface area contributed by atoms with Crippen molar-refractivity contribution in [2.24, 2.45) is 4.99 Å². The zero-order valence-electron chi connectivity index (χ0n) is 17.6. The first kappa shape index (κ1) is 21.7. The number of nitrogens with one attached hydrogen (secondary N) is 1. The minimum Gasteiger partial charge on any atom is -0.457 e. The Morgan fingerprint density at radius 2 is 1.69 bits per heavy atom. The van der Waals surface area contributed by atoms with Crippen molar-refractivity contribution in [3.05, 3.63) is 89.3 Å². The number of rotatable bonds is 7. The van der Waals surface area contributed by atoms with Gasteiger partial charge in [-0.05, 0) is 71.9 Å². The van der Waals surface area contributed by atoms with Crippen molar-refractivity contribution in [3.63, 3.8) is 0 Å². The molecule has 0 bridgehead atoms. The van der Waals surface area contributed by atoms with Crippen LogP contribution in [0.25, 0.3) is 6.08 Å². The van der Waals surface area contributed by atoms with Gasteiger partial charge in [-0.3, -0.25) is 4.79 Å². The highest BCUT2D eigenvalue weighted by Gasteiger charge is 2.25. The molecule has 32 heavy (non-hydrogen) atoms. The van der Waals surface area contributed by atoms with E-state index in [2.05, 4.69) is 10.3 Å². The smallest absolute Gasteiger partial charge is 0.286 e. The van der Waals surface area contributed by atoms with Gasteiger partial charge in [-0.25, -0.2) is 0 Å². The standard InChI is InChI=1S/C25H23N3O3S/c1-28(20-11-13-22(14-12-20)31-21-5-3-2-4-6-21)25-27-24(30)23(32-25)17-18-7-9-19(10-8-18)26-15-16-29/h2-14,17,26,29H,15-16H2,1H3/b23-17+. The number of carbonyl (C=O) groups is 1. The van der Waals surface area contributed by atoms with Gasteiger partial charge in [0.1, 0.15) is 11.5 Å². The van der Waals surface area contributed by atoms with E-state index in [0.717, 1.165) is 28.4 Å². The maximum atomic E-state index is 12.4. The van der Waals surface area contributed by atoms with E-state index in [-0.39, 0.29) is 12.5 Å². The fourth-order valence-electron chi connectivity index (χ4n) is 3.06. The van der Waals surface area contributed by atoms with Crippen molar-refractivity contribution in [1.29, 1.82) is 0 Å². The molecule has 0 spiro atoms. The fraction of sp³-hybridized carbons (Fsp3) is 0.120. The van der Waals surface area contributed by atoms with Gasteiger partial charge in [0.25, 0.3) is 5.91 Å². The summed E-state index contributed by atoms with van der Waals surface area (Å²) in [5.74, 6) is 1.27. The quantitative estimate of drug-likeness (QED) is 0.499. The molecule has 162 valence electrons. The minimum atomic E-state index is -0.247. The summed E-state index contributed by atoms with van der Waals surface area (Å²) < 4.78 is 5.84. The number of aliphatic hydroxyl groups is 1. The molecule has 0 saturated carbocycles. The zero-order chi connectivity index (χ0) is 22.3. The third kappa shape index (κ3) is 5.38. The molecule has 0 saturated heterocycles. The predicted octanol–water partition coefficient (Wildman–Crippen LogP) is 4.99. The number of nitrogens with zero attached hydrogens (tertiary/aromatic N) is 2. The second kappa shape index (κ2) is 10.2. The van der Waals surface area contributed by atoms with Crippen LogP contribution in [0.5, 0.6) is 11.5 Å². The van der Waals surface area contributed by atoms with E-state index in [1.807, 2.05) is 96.9 Å². The highest BCUT2D eigenvalue weighted by molar-refractivity contribution is 8.18. The van der Waals surface area contributed by atoms with E-state index in [4.69, 9.17) is 9.84 Å². The SMILES string of the molecule is CN(C1=NC(=O)/C(=C\c2ccc(NCCO)cc2)S1)c1ccc(Oc2ccccc2)cc1. The zero-order valence-corrected chi connectivity index (χ0v) is 18.4. The number of hydrogen-bond acceptors (Lipinski definition) is 6. The summed E-state index contributed by atoms with van der Waals surface area (Å²) in [6, 6.07) is 25.0. The molecule has 7 heteroatoms. The van der Waals surface area contributed by atoms with Crippen LogP contribution in [0.3, 0.4) is 0 Å². The van der Waals surface area contributed by atoms with Gasteiger partial charge < -0.3 is 20.1 Å². The minimum absolute atomic E-state index is 0.0767. The first-order valence-electron chi connectivity index (χ1n) is 10.2. The van der Waals surface area contributed by atoms with Crippen LogP contribution in [0, 0.1) is 0 Å². The number of amidine groups is 1. The largest absolute Gasteiger partial charge is 0.457 e. The van der Waals surface area contributed by atoms with E-state index < -0.39 is 0 Å². The normalized spacial score (nSPS) is 14.4. The molecule has 0 unspecified atom stereocenters. The Morgan fingerprint density at radius 1 is 1.00 bits per heavy atom. The number of ether oxygens (including phenoxy) is 1. The van der Waals surface area contributed by atoms with Crippen LogP contribution in [0.1, 0.15) is 5.56 Å². The van der Waals surface area contributed by atoms with Crippen LogP contribution >= 0.6 is 11.8 Å². The highest BCUT2D eigenvalue weighted by atomic mass is 32.2. The molecule has 1 aliphatic rings. The van der Waals surface area contributed by atoms with Crippen LogP contribution in [0.4, 0.5) is 11.4 Å². The molecule has 1 aliphatic heterocycles. The number of aliphatic imine (C=N–C) groups is 1. The molecule has 2 N–H and O–H groups in total. The number of para-hydroxylation sites is 1. The van der Waals surface area contributed by atoms with Gasteiger partial charge in [0.2, 0.25) is 0 Å². The van der Waals surface area contributed by atoms with E-state index in [1.54, 1.807) is 0 Å². The average Bonchev–Trinajstić information content (AvgIpc) is 3.19. The Kier molecular flexibility index (Phi) is 6.89. The number of carbonyl (C=O) groups excluding carboxylic acids is 1. The van der Waals surface area contributed by atoms with E-state index in [0.29, 0.717) is 16.6 Å². The van der Waals surface area contributed by atoms with Crippen molar-refractivity contribution >= 4 is 40.3 Å². The van der Waals surface area contributed by atoms with E-state index in [1.165, 1.54) is 11.8 Å². The van der Waals surface area contributed by atoms with Gasteiger partial charge in [-0.2, -0.15) is 4.99 Å². The molecule has 3 aromatic rings.